The number of hydrogen-bond acceptors (Lipinski definition) is 7. The fourth-order valence-corrected chi connectivity index (χ4v) is 4.74. The summed E-state index contributed by atoms with van der Waals surface area (Å²) in [5.74, 6) is -0.0274. The standard InChI is InChI=1S/C21H25BrN4O5S/c1-3-5-13-26(14-6-4-2)32(28,29)16-9-7-15(8-10-16)19(27)23-21-25-24-20(31-21)17-11-12-18(22)30-17/h7-12H,3-6,13-14H2,1-2H3,(H,23,25,27). The van der Waals surface area contributed by atoms with E-state index in [-0.39, 0.29) is 22.4 Å². The van der Waals surface area contributed by atoms with E-state index >= 15 is 0 Å². The van der Waals surface area contributed by atoms with Crippen LogP contribution < -0.4 is 5.32 Å². The summed E-state index contributed by atoms with van der Waals surface area (Å²) in [4.78, 5) is 12.7. The molecule has 0 unspecified atom stereocenters. The van der Waals surface area contributed by atoms with Crippen molar-refractivity contribution in [2.24, 2.45) is 0 Å². The number of aromatic nitrogens is 2. The zero-order valence-corrected chi connectivity index (χ0v) is 20.3. The quantitative estimate of drug-likeness (QED) is 0.377. The lowest BCUT2D eigenvalue weighted by Crippen LogP contribution is -2.33. The molecule has 1 amide bonds. The molecule has 0 aliphatic carbocycles. The van der Waals surface area contributed by atoms with Gasteiger partial charge in [0.05, 0.1) is 4.90 Å². The smallest absolute Gasteiger partial charge is 0.322 e. The van der Waals surface area contributed by atoms with Crippen molar-refractivity contribution in [3.05, 3.63) is 46.6 Å². The van der Waals surface area contributed by atoms with E-state index in [1.165, 1.54) is 28.6 Å². The van der Waals surface area contributed by atoms with Gasteiger partial charge in [-0.2, -0.15) is 4.31 Å². The monoisotopic (exact) mass is 524 g/mol. The minimum atomic E-state index is -3.63. The van der Waals surface area contributed by atoms with E-state index in [1.807, 2.05) is 13.8 Å². The molecule has 0 aliphatic rings. The van der Waals surface area contributed by atoms with Gasteiger partial charge in [0, 0.05) is 18.7 Å². The third kappa shape index (κ3) is 5.84. The summed E-state index contributed by atoms with van der Waals surface area (Å²) in [5, 5.41) is 10.1. The zero-order chi connectivity index (χ0) is 23.1. The summed E-state index contributed by atoms with van der Waals surface area (Å²) in [6.07, 6.45) is 3.41. The van der Waals surface area contributed by atoms with Crippen molar-refractivity contribution >= 4 is 37.9 Å². The van der Waals surface area contributed by atoms with E-state index in [1.54, 1.807) is 12.1 Å². The van der Waals surface area contributed by atoms with Crippen LogP contribution in [0.4, 0.5) is 6.01 Å². The zero-order valence-electron chi connectivity index (χ0n) is 17.9. The van der Waals surface area contributed by atoms with Crippen LogP contribution in [0, 0.1) is 0 Å². The van der Waals surface area contributed by atoms with Crippen LogP contribution in [0.5, 0.6) is 0 Å². The first-order valence-corrected chi connectivity index (χ1v) is 12.6. The fourth-order valence-electron chi connectivity index (χ4n) is 2.92. The summed E-state index contributed by atoms with van der Waals surface area (Å²) in [6.45, 7) is 5.01. The summed E-state index contributed by atoms with van der Waals surface area (Å²) in [5.41, 5.74) is 0.262. The van der Waals surface area contributed by atoms with Crippen LogP contribution in [0.3, 0.4) is 0 Å². The van der Waals surface area contributed by atoms with Gasteiger partial charge in [-0.1, -0.05) is 31.8 Å². The number of nitrogens with zero attached hydrogens (tertiary/aromatic N) is 3. The molecule has 9 nitrogen and oxygen atoms in total. The molecule has 0 saturated carbocycles. The van der Waals surface area contributed by atoms with Gasteiger partial charge in [-0.3, -0.25) is 10.1 Å². The molecule has 0 fully saturated rings. The van der Waals surface area contributed by atoms with E-state index in [9.17, 15) is 13.2 Å². The van der Waals surface area contributed by atoms with Crippen molar-refractivity contribution in [1.29, 1.82) is 0 Å². The SMILES string of the molecule is CCCCN(CCCC)S(=O)(=O)c1ccc(C(=O)Nc2nnc(-c3ccc(Br)o3)o2)cc1. The van der Waals surface area contributed by atoms with E-state index in [0.717, 1.165) is 25.7 Å². The van der Waals surface area contributed by atoms with Crippen LogP contribution in [0.1, 0.15) is 49.9 Å². The van der Waals surface area contributed by atoms with Crippen molar-refractivity contribution < 1.29 is 22.0 Å². The Labute approximate surface area is 195 Å². The van der Waals surface area contributed by atoms with E-state index in [2.05, 4.69) is 31.4 Å². The molecule has 3 rings (SSSR count). The van der Waals surface area contributed by atoms with Gasteiger partial charge in [0.2, 0.25) is 10.0 Å². The minimum absolute atomic E-state index is 0.0977. The van der Waals surface area contributed by atoms with Crippen LogP contribution in [-0.2, 0) is 10.0 Å². The number of carbonyl (C=O) groups excluding carboxylic acids is 1. The topological polar surface area (TPSA) is 119 Å². The highest BCUT2D eigenvalue weighted by molar-refractivity contribution is 9.10. The maximum absolute atomic E-state index is 13.0. The molecule has 2 aromatic heterocycles. The van der Waals surface area contributed by atoms with Gasteiger partial charge in [0.1, 0.15) is 0 Å². The Morgan fingerprint density at radius 2 is 1.66 bits per heavy atom. The van der Waals surface area contributed by atoms with Gasteiger partial charge in [0.25, 0.3) is 11.8 Å². The van der Waals surface area contributed by atoms with Gasteiger partial charge < -0.3 is 8.83 Å². The predicted octanol–water partition coefficient (Wildman–Crippen LogP) is 4.94. The number of rotatable bonds is 11. The van der Waals surface area contributed by atoms with Crippen molar-refractivity contribution in [3.63, 3.8) is 0 Å². The number of unbranched alkanes of at least 4 members (excludes halogenated alkanes) is 2. The molecule has 32 heavy (non-hydrogen) atoms. The molecule has 2 heterocycles. The molecule has 0 spiro atoms. The van der Waals surface area contributed by atoms with Crippen LogP contribution in [0.15, 0.2) is 54.8 Å². The molecule has 1 aromatic carbocycles. The number of sulfonamides is 1. The van der Waals surface area contributed by atoms with Crippen molar-refractivity contribution in [2.75, 3.05) is 18.4 Å². The fraction of sp³-hybridized carbons (Fsp3) is 0.381. The third-order valence-corrected chi connectivity index (χ3v) is 7.04. The van der Waals surface area contributed by atoms with Crippen LogP contribution in [0.25, 0.3) is 11.7 Å². The van der Waals surface area contributed by atoms with Crippen molar-refractivity contribution in [1.82, 2.24) is 14.5 Å². The second-order valence-electron chi connectivity index (χ2n) is 7.11. The molecule has 172 valence electrons. The molecule has 0 bridgehead atoms. The minimum Gasteiger partial charge on any atom is -0.444 e. The first-order valence-electron chi connectivity index (χ1n) is 10.4. The molecular formula is C21H25BrN4O5S. The summed E-state index contributed by atoms with van der Waals surface area (Å²) in [7, 11) is -3.63. The number of carbonyl (C=O) groups is 1. The summed E-state index contributed by atoms with van der Waals surface area (Å²) < 4.78 is 38.8. The van der Waals surface area contributed by atoms with Crippen LogP contribution in [-0.4, -0.2) is 41.9 Å². The van der Waals surface area contributed by atoms with Gasteiger partial charge >= 0.3 is 6.01 Å². The Morgan fingerprint density at radius 3 is 2.22 bits per heavy atom. The number of hydrogen-bond donors (Lipinski definition) is 1. The summed E-state index contributed by atoms with van der Waals surface area (Å²) >= 11 is 3.19. The van der Waals surface area contributed by atoms with Gasteiger partial charge in [-0.25, -0.2) is 8.42 Å². The van der Waals surface area contributed by atoms with Crippen molar-refractivity contribution in [2.45, 2.75) is 44.4 Å². The lowest BCUT2D eigenvalue weighted by atomic mass is 10.2. The third-order valence-electron chi connectivity index (χ3n) is 4.71. The Morgan fingerprint density at radius 1 is 1.00 bits per heavy atom. The van der Waals surface area contributed by atoms with E-state index in [0.29, 0.717) is 23.5 Å². The highest BCUT2D eigenvalue weighted by atomic mass is 79.9. The Bertz CT molecular complexity index is 1130. The lowest BCUT2D eigenvalue weighted by molar-refractivity contribution is 0.102. The Hall–Kier alpha value is -2.50. The first kappa shape index (κ1) is 24.1. The maximum Gasteiger partial charge on any atom is 0.322 e. The molecule has 0 radical (unpaired) electrons. The molecule has 1 N–H and O–H groups in total. The number of nitrogens with one attached hydrogen (secondary N) is 1. The predicted molar refractivity (Wildman–Crippen MR) is 123 cm³/mol. The van der Waals surface area contributed by atoms with Gasteiger partial charge in [0.15, 0.2) is 10.4 Å². The largest absolute Gasteiger partial charge is 0.444 e. The normalized spacial score (nSPS) is 11.8. The Balaban J connectivity index is 1.70. The molecular weight excluding hydrogens is 500 g/mol. The second-order valence-corrected chi connectivity index (χ2v) is 9.83. The van der Waals surface area contributed by atoms with E-state index < -0.39 is 15.9 Å². The average Bonchev–Trinajstić information content (AvgIpc) is 3.42. The first-order chi connectivity index (χ1) is 15.3. The molecule has 11 heteroatoms. The number of amides is 1. The van der Waals surface area contributed by atoms with Crippen LogP contribution >= 0.6 is 15.9 Å². The number of furan rings is 1. The highest BCUT2D eigenvalue weighted by Gasteiger charge is 2.24. The van der Waals surface area contributed by atoms with Gasteiger partial charge in [-0.15, -0.1) is 5.10 Å². The molecule has 0 saturated heterocycles. The summed E-state index contributed by atoms with van der Waals surface area (Å²) in [6, 6.07) is 9.02. The molecule has 3 aromatic rings. The average molecular weight is 525 g/mol. The van der Waals surface area contributed by atoms with Crippen molar-refractivity contribution in [3.8, 4) is 11.7 Å². The van der Waals surface area contributed by atoms with Crippen LogP contribution in [0.2, 0.25) is 0 Å². The van der Waals surface area contributed by atoms with E-state index in [4.69, 9.17) is 8.83 Å². The number of anilines is 1. The molecule has 0 aliphatic heterocycles. The number of halogens is 1. The number of benzene rings is 1. The highest BCUT2D eigenvalue weighted by Crippen LogP contribution is 2.25. The molecule has 0 atom stereocenters. The lowest BCUT2D eigenvalue weighted by Gasteiger charge is -2.22. The maximum atomic E-state index is 13.0. The Kier molecular flexibility index (Phi) is 8.21. The van der Waals surface area contributed by atoms with Gasteiger partial charge in [-0.05, 0) is 65.2 Å². The second kappa shape index (κ2) is 10.9.